The van der Waals surface area contributed by atoms with Crippen LogP contribution in [0.3, 0.4) is 0 Å². The molecule has 1 aromatic carbocycles. The number of para-hydroxylation sites is 1. The van der Waals surface area contributed by atoms with Crippen molar-refractivity contribution in [2.75, 3.05) is 18.5 Å². The molecule has 1 amide bonds. The van der Waals surface area contributed by atoms with E-state index in [0.717, 1.165) is 0 Å². The molecular formula is C18H24N2O4. The van der Waals surface area contributed by atoms with Gasteiger partial charge in [-0.1, -0.05) is 18.2 Å². The smallest absolute Gasteiger partial charge is 0.284 e. The van der Waals surface area contributed by atoms with Gasteiger partial charge in [-0.25, -0.2) is 0 Å². The third kappa shape index (κ3) is 5.40. The molecule has 24 heavy (non-hydrogen) atoms. The maximum absolute atomic E-state index is 12.6. The van der Waals surface area contributed by atoms with Crippen LogP contribution in [0.15, 0.2) is 53.1 Å². The number of nitrogens with one attached hydrogen (secondary N) is 2. The molecule has 1 atom stereocenters. The van der Waals surface area contributed by atoms with E-state index in [0.29, 0.717) is 5.69 Å². The Balaban J connectivity index is 2.09. The Hall–Kier alpha value is -2.31. The van der Waals surface area contributed by atoms with E-state index in [9.17, 15) is 9.90 Å². The normalized spacial score (nSPS) is 14.0. The molecule has 130 valence electrons. The van der Waals surface area contributed by atoms with Crippen molar-refractivity contribution in [2.45, 2.75) is 31.9 Å². The molecule has 0 radical (unpaired) electrons. The molecule has 0 saturated carbocycles. The summed E-state index contributed by atoms with van der Waals surface area (Å²) in [5.41, 5.74) is -1.41. The minimum atomic E-state index is -1.75. The SMILES string of the molecule is CC(C)(C)NCC(O)(COc1ccco1)C(=O)Nc1ccccc1. The lowest BCUT2D eigenvalue weighted by molar-refractivity contribution is -0.137. The Labute approximate surface area is 141 Å². The number of ether oxygens (including phenoxy) is 1. The number of anilines is 1. The molecule has 6 heteroatoms. The second-order valence-electron chi connectivity index (χ2n) is 6.68. The summed E-state index contributed by atoms with van der Waals surface area (Å²) in [6.07, 6.45) is 1.46. The van der Waals surface area contributed by atoms with Crippen LogP contribution >= 0.6 is 0 Å². The highest BCUT2D eigenvalue weighted by molar-refractivity contribution is 5.97. The number of aliphatic hydroxyl groups is 1. The molecule has 0 aliphatic rings. The van der Waals surface area contributed by atoms with Gasteiger partial charge >= 0.3 is 0 Å². The van der Waals surface area contributed by atoms with Crippen LogP contribution in [0.25, 0.3) is 0 Å². The van der Waals surface area contributed by atoms with Crippen molar-refractivity contribution < 1.29 is 19.1 Å². The number of furan rings is 1. The lowest BCUT2D eigenvalue weighted by Gasteiger charge is -2.30. The second kappa shape index (κ2) is 7.51. The topological polar surface area (TPSA) is 83.7 Å². The van der Waals surface area contributed by atoms with Crippen LogP contribution < -0.4 is 15.4 Å². The van der Waals surface area contributed by atoms with Crippen LogP contribution in [0, 0.1) is 0 Å². The molecule has 0 aliphatic heterocycles. The van der Waals surface area contributed by atoms with Gasteiger partial charge in [-0.15, -0.1) is 0 Å². The summed E-state index contributed by atoms with van der Waals surface area (Å²) < 4.78 is 10.5. The van der Waals surface area contributed by atoms with E-state index >= 15 is 0 Å². The highest BCUT2D eigenvalue weighted by Crippen LogP contribution is 2.16. The van der Waals surface area contributed by atoms with Gasteiger partial charge < -0.3 is 24.9 Å². The second-order valence-corrected chi connectivity index (χ2v) is 6.68. The van der Waals surface area contributed by atoms with Gasteiger partial charge in [-0.2, -0.15) is 0 Å². The molecule has 2 rings (SSSR count). The first-order chi connectivity index (χ1) is 11.3. The number of carbonyl (C=O) groups is 1. The number of hydrogen-bond acceptors (Lipinski definition) is 5. The van der Waals surface area contributed by atoms with E-state index in [1.807, 2.05) is 26.8 Å². The Morgan fingerprint density at radius 3 is 2.46 bits per heavy atom. The van der Waals surface area contributed by atoms with Crippen molar-refractivity contribution in [1.82, 2.24) is 5.32 Å². The van der Waals surface area contributed by atoms with Gasteiger partial charge in [0.25, 0.3) is 11.9 Å². The van der Waals surface area contributed by atoms with Gasteiger partial charge in [0.1, 0.15) is 6.61 Å². The number of β-amino-alcohol motifs (C(OH)–C–C–N with tert-alkyl or cyclic N) is 1. The summed E-state index contributed by atoms with van der Waals surface area (Å²) in [5, 5.41) is 16.7. The van der Waals surface area contributed by atoms with E-state index < -0.39 is 11.5 Å². The molecule has 0 bridgehead atoms. The first kappa shape index (κ1) is 18.0. The fourth-order valence-corrected chi connectivity index (χ4v) is 1.91. The van der Waals surface area contributed by atoms with Gasteiger partial charge in [0.05, 0.1) is 6.26 Å². The molecule has 0 saturated heterocycles. The zero-order chi connectivity index (χ0) is 17.6. The monoisotopic (exact) mass is 332 g/mol. The average Bonchev–Trinajstić information content (AvgIpc) is 3.05. The molecular weight excluding hydrogens is 308 g/mol. The van der Waals surface area contributed by atoms with Gasteiger partial charge in [0.15, 0.2) is 5.60 Å². The fraction of sp³-hybridized carbons (Fsp3) is 0.389. The number of hydrogen-bond donors (Lipinski definition) is 3. The Morgan fingerprint density at radius 1 is 1.17 bits per heavy atom. The molecule has 1 aromatic heterocycles. The van der Waals surface area contributed by atoms with E-state index in [-0.39, 0.29) is 24.6 Å². The minimum Gasteiger partial charge on any atom is -0.461 e. The summed E-state index contributed by atoms with van der Waals surface area (Å²) in [5.74, 6) is -0.297. The van der Waals surface area contributed by atoms with Gasteiger partial charge in [0, 0.05) is 23.8 Å². The summed E-state index contributed by atoms with van der Waals surface area (Å²) in [7, 11) is 0. The predicted octanol–water partition coefficient (Wildman–Crippen LogP) is 2.42. The zero-order valence-electron chi connectivity index (χ0n) is 14.2. The molecule has 1 unspecified atom stereocenters. The van der Waals surface area contributed by atoms with E-state index in [2.05, 4.69) is 10.6 Å². The van der Waals surface area contributed by atoms with Crippen LogP contribution in [0.5, 0.6) is 5.95 Å². The molecule has 0 fully saturated rings. The van der Waals surface area contributed by atoms with Gasteiger partial charge in [-0.3, -0.25) is 4.79 Å². The Bertz CT molecular complexity index is 635. The average molecular weight is 332 g/mol. The Morgan fingerprint density at radius 2 is 1.88 bits per heavy atom. The number of benzene rings is 1. The largest absolute Gasteiger partial charge is 0.461 e. The third-order valence-electron chi connectivity index (χ3n) is 3.31. The molecule has 0 aliphatic carbocycles. The summed E-state index contributed by atoms with van der Waals surface area (Å²) in [4.78, 5) is 12.6. The highest BCUT2D eigenvalue weighted by atomic mass is 16.6. The number of amides is 1. The summed E-state index contributed by atoms with van der Waals surface area (Å²) in [6.45, 7) is 5.67. The Kier molecular flexibility index (Phi) is 5.64. The highest BCUT2D eigenvalue weighted by Gasteiger charge is 2.38. The number of rotatable bonds is 7. The third-order valence-corrected chi connectivity index (χ3v) is 3.31. The molecule has 6 nitrogen and oxygen atoms in total. The van der Waals surface area contributed by atoms with E-state index in [4.69, 9.17) is 9.15 Å². The van der Waals surface area contributed by atoms with Crippen molar-refractivity contribution in [3.05, 3.63) is 48.7 Å². The quantitative estimate of drug-likeness (QED) is 0.725. The lowest BCUT2D eigenvalue weighted by Crippen LogP contribution is -2.57. The minimum absolute atomic E-state index is 0.0376. The zero-order valence-corrected chi connectivity index (χ0v) is 14.2. The molecule has 3 N–H and O–H groups in total. The van der Waals surface area contributed by atoms with E-state index in [1.165, 1.54) is 6.26 Å². The van der Waals surface area contributed by atoms with Crippen LogP contribution in [-0.4, -0.2) is 35.3 Å². The summed E-state index contributed by atoms with van der Waals surface area (Å²) in [6, 6.07) is 12.3. The molecule has 1 heterocycles. The van der Waals surface area contributed by atoms with Crippen molar-refractivity contribution in [2.24, 2.45) is 0 Å². The molecule has 2 aromatic rings. The fourth-order valence-electron chi connectivity index (χ4n) is 1.91. The number of carbonyl (C=O) groups excluding carboxylic acids is 1. The van der Waals surface area contributed by atoms with Crippen LogP contribution in [0.4, 0.5) is 5.69 Å². The van der Waals surface area contributed by atoms with Crippen molar-refractivity contribution in [3.63, 3.8) is 0 Å². The van der Waals surface area contributed by atoms with E-state index in [1.54, 1.807) is 36.4 Å². The van der Waals surface area contributed by atoms with Crippen molar-refractivity contribution >= 4 is 11.6 Å². The van der Waals surface area contributed by atoms with Crippen LogP contribution in [0.2, 0.25) is 0 Å². The van der Waals surface area contributed by atoms with Crippen molar-refractivity contribution in [3.8, 4) is 5.95 Å². The van der Waals surface area contributed by atoms with Gasteiger partial charge in [0.2, 0.25) is 0 Å². The first-order valence-corrected chi connectivity index (χ1v) is 7.79. The summed E-state index contributed by atoms with van der Waals surface area (Å²) >= 11 is 0. The van der Waals surface area contributed by atoms with Crippen molar-refractivity contribution in [1.29, 1.82) is 0 Å². The molecule has 0 spiro atoms. The van der Waals surface area contributed by atoms with Crippen LogP contribution in [-0.2, 0) is 4.79 Å². The maximum Gasteiger partial charge on any atom is 0.284 e. The lowest BCUT2D eigenvalue weighted by atomic mass is 10.0. The predicted molar refractivity (Wildman–Crippen MR) is 92.0 cm³/mol. The maximum atomic E-state index is 12.6. The first-order valence-electron chi connectivity index (χ1n) is 7.79. The van der Waals surface area contributed by atoms with Gasteiger partial charge in [-0.05, 0) is 39.0 Å². The van der Waals surface area contributed by atoms with Crippen LogP contribution in [0.1, 0.15) is 20.8 Å². The standard InChI is InChI=1S/C18H24N2O4/c1-17(2,3)19-12-18(22,13-24-15-10-7-11-23-15)16(21)20-14-8-5-4-6-9-14/h4-11,19,22H,12-13H2,1-3H3,(H,20,21).